The number of hydrogen-bond donors (Lipinski definition) is 5. The van der Waals surface area contributed by atoms with Crippen molar-refractivity contribution in [3.05, 3.63) is 60.3 Å². The van der Waals surface area contributed by atoms with Gasteiger partial charge in [-0.25, -0.2) is 9.78 Å². The highest BCUT2D eigenvalue weighted by atomic mass is 19.4. The van der Waals surface area contributed by atoms with Gasteiger partial charge in [-0.05, 0) is 47.5 Å². The largest absolute Gasteiger partial charge is 0.416 e. The molecule has 4 rings (SSSR count). The molecule has 0 radical (unpaired) electrons. The molecule has 0 atom stereocenters. The lowest BCUT2D eigenvalue weighted by atomic mass is 10.0. The maximum Gasteiger partial charge on any atom is 0.416 e. The number of nitrogens with zero attached hydrogens (tertiary/aromatic N) is 2. The van der Waals surface area contributed by atoms with Crippen molar-refractivity contribution in [2.75, 3.05) is 22.1 Å². The zero-order chi connectivity index (χ0) is 22.2. The summed E-state index contributed by atoms with van der Waals surface area (Å²) in [6.45, 7) is 0. The fourth-order valence-corrected chi connectivity index (χ4v) is 3.07. The molecule has 2 heterocycles. The van der Waals surface area contributed by atoms with Crippen molar-refractivity contribution in [3.63, 3.8) is 0 Å². The Hall–Kier alpha value is -4.28. The van der Waals surface area contributed by atoms with Crippen molar-refractivity contribution in [2.45, 2.75) is 6.18 Å². The molecule has 8 nitrogen and oxygen atoms in total. The number of alkyl halides is 3. The number of amides is 2. The van der Waals surface area contributed by atoms with Gasteiger partial charge in [0, 0.05) is 11.9 Å². The van der Waals surface area contributed by atoms with Gasteiger partial charge in [0.2, 0.25) is 0 Å². The number of pyridine rings is 1. The molecule has 2 aromatic carbocycles. The number of nitrogen functional groups attached to an aromatic ring is 2. The van der Waals surface area contributed by atoms with E-state index in [2.05, 4.69) is 25.8 Å². The van der Waals surface area contributed by atoms with E-state index in [-0.39, 0.29) is 11.4 Å². The van der Waals surface area contributed by atoms with Crippen LogP contribution >= 0.6 is 0 Å². The molecule has 0 aliphatic rings. The molecule has 2 amide bonds. The molecule has 7 N–H and O–H groups in total. The van der Waals surface area contributed by atoms with Gasteiger partial charge in [-0.2, -0.15) is 18.3 Å². The summed E-state index contributed by atoms with van der Waals surface area (Å²) in [7, 11) is 0. The normalized spacial score (nSPS) is 11.5. The Morgan fingerprint density at radius 2 is 1.74 bits per heavy atom. The Labute approximate surface area is 173 Å². The number of aromatic amines is 1. The first-order valence-corrected chi connectivity index (χ1v) is 8.96. The van der Waals surface area contributed by atoms with E-state index in [9.17, 15) is 18.0 Å². The van der Waals surface area contributed by atoms with Crippen molar-refractivity contribution < 1.29 is 18.0 Å². The maximum absolute atomic E-state index is 12.9. The van der Waals surface area contributed by atoms with Crippen molar-refractivity contribution in [1.29, 1.82) is 0 Å². The predicted molar refractivity (Wildman–Crippen MR) is 112 cm³/mol. The Bertz CT molecular complexity index is 1270. The van der Waals surface area contributed by atoms with Crippen LogP contribution in [0.3, 0.4) is 0 Å². The SMILES string of the molecule is Nc1ccc(C(F)(F)F)cc1NC(=O)Nc1ccc(-c2ccnc3[nH]nc(N)c23)cc1. The Morgan fingerprint density at radius 1 is 1.00 bits per heavy atom. The van der Waals surface area contributed by atoms with Crippen LogP contribution in [-0.4, -0.2) is 21.2 Å². The number of H-pyrrole nitrogens is 1. The second kappa shape index (κ2) is 7.52. The van der Waals surface area contributed by atoms with E-state index in [1.54, 1.807) is 36.5 Å². The number of hydrogen-bond acceptors (Lipinski definition) is 5. The highest BCUT2D eigenvalue weighted by molar-refractivity contribution is 6.02. The average Bonchev–Trinajstić information content (AvgIpc) is 3.10. The van der Waals surface area contributed by atoms with Crippen molar-refractivity contribution in [1.82, 2.24) is 15.2 Å². The van der Waals surface area contributed by atoms with Crippen LogP contribution in [-0.2, 0) is 6.18 Å². The molecule has 31 heavy (non-hydrogen) atoms. The Balaban J connectivity index is 1.51. The average molecular weight is 427 g/mol. The number of benzene rings is 2. The third kappa shape index (κ3) is 4.06. The second-order valence-electron chi connectivity index (χ2n) is 6.65. The number of nitrogens with two attached hydrogens (primary N) is 2. The molecular weight excluding hydrogens is 411 g/mol. The lowest BCUT2D eigenvalue weighted by molar-refractivity contribution is -0.137. The molecule has 0 saturated carbocycles. The number of carbonyl (C=O) groups is 1. The van der Waals surface area contributed by atoms with Crippen molar-refractivity contribution in [2.24, 2.45) is 0 Å². The third-order valence-corrected chi connectivity index (χ3v) is 4.57. The van der Waals surface area contributed by atoms with E-state index in [1.165, 1.54) is 0 Å². The van der Waals surface area contributed by atoms with Crippen LogP contribution in [0.2, 0.25) is 0 Å². The molecule has 4 aromatic rings. The number of halogens is 3. The van der Waals surface area contributed by atoms with Gasteiger partial charge in [0.05, 0.1) is 22.3 Å². The van der Waals surface area contributed by atoms with Gasteiger partial charge in [-0.1, -0.05) is 12.1 Å². The number of nitrogens with one attached hydrogen (secondary N) is 3. The van der Waals surface area contributed by atoms with E-state index in [0.29, 0.717) is 22.5 Å². The maximum atomic E-state index is 12.9. The first-order valence-electron chi connectivity index (χ1n) is 8.96. The Morgan fingerprint density at radius 3 is 2.45 bits per heavy atom. The highest BCUT2D eigenvalue weighted by Crippen LogP contribution is 2.33. The van der Waals surface area contributed by atoms with E-state index >= 15 is 0 Å². The first kappa shape index (κ1) is 20.0. The number of rotatable bonds is 3. The topological polar surface area (TPSA) is 135 Å². The fraction of sp³-hybridized carbons (Fsp3) is 0.0500. The molecule has 11 heteroatoms. The monoisotopic (exact) mass is 427 g/mol. The molecule has 0 aliphatic carbocycles. The minimum Gasteiger partial charge on any atom is -0.397 e. The molecule has 0 spiro atoms. The number of aromatic nitrogens is 3. The zero-order valence-corrected chi connectivity index (χ0v) is 15.8. The summed E-state index contributed by atoms with van der Waals surface area (Å²) in [6.07, 6.45) is -2.93. The molecule has 0 bridgehead atoms. The molecular formula is C20H16F3N7O. The zero-order valence-electron chi connectivity index (χ0n) is 15.8. The van der Waals surface area contributed by atoms with Gasteiger partial charge in [-0.15, -0.1) is 0 Å². The summed E-state index contributed by atoms with van der Waals surface area (Å²) in [4.78, 5) is 16.4. The standard InChI is InChI=1S/C20H16F3N7O/c21-20(22,23)11-3-6-14(24)15(9-11)28-19(31)27-12-4-1-10(2-5-12)13-7-8-26-18-16(13)17(25)29-30-18/h1-9H,24H2,(H2,27,28,31)(H3,25,26,29,30). The van der Waals surface area contributed by atoms with Crippen LogP contribution in [0.1, 0.15) is 5.56 Å². The highest BCUT2D eigenvalue weighted by Gasteiger charge is 2.31. The second-order valence-corrected chi connectivity index (χ2v) is 6.65. The van der Waals surface area contributed by atoms with Crippen molar-refractivity contribution >= 4 is 39.9 Å². The van der Waals surface area contributed by atoms with Crippen LogP contribution in [0, 0.1) is 0 Å². The van der Waals surface area contributed by atoms with E-state index in [4.69, 9.17) is 11.5 Å². The smallest absolute Gasteiger partial charge is 0.397 e. The molecule has 0 unspecified atom stereocenters. The van der Waals surface area contributed by atoms with Gasteiger partial charge in [0.15, 0.2) is 11.5 Å². The summed E-state index contributed by atoms with van der Waals surface area (Å²) in [5.41, 5.74) is 13.1. The number of fused-ring (bicyclic) bond motifs is 1. The van der Waals surface area contributed by atoms with Crippen LogP contribution in [0.4, 0.5) is 40.8 Å². The van der Waals surface area contributed by atoms with Crippen molar-refractivity contribution in [3.8, 4) is 11.1 Å². The molecule has 0 aliphatic heterocycles. The van der Waals surface area contributed by atoms with E-state index < -0.39 is 17.8 Å². The summed E-state index contributed by atoms with van der Waals surface area (Å²) in [6, 6.07) is 10.6. The molecule has 0 fully saturated rings. The van der Waals surface area contributed by atoms with Crippen LogP contribution in [0.15, 0.2) is 54.7 Å². The van der Waals surface area contributed by atoms with Crippen LogP contribution < -0.4 is 22.1 Å². The summed E-state index contributed by atoms with van der Waals surface area (Å²) in [5, 5.41) is 12.3. The first-order chi connectivity index (χ1) is 14.7. The molecule has 2 aromatic heterocycles. The third-order valence-electron chi connectivity index (χ3n) is 4.57. The van der Waals surface area contributed by atoms with Gasteiger partial charge in [-0.3, -0.25) is 5.10 Å². The summed E-state index contributed by atoms with van der Waals surface area (Å²) in [5.74, 6) is 0.318. The molecule has 0 saturated heterocycles. The van der Waals surface area contributed by atoms with Gasteiger partial charge in [0.25, 0.3) is 0 Å². The van der Waals surface area contributed by atoms with Gasteiger partial charge >= 0.3 is 12.2 Å². The van der Waals surface area contributed by atoms with Crippen LogP contribution in [0.25, 0.3) is 22.2 Å². The fourth-order valence-electron chi connectivity index (χ4n) is 3.07. The summed E-state index contributed by atoms with van der Waals surface area (Å²) < 4.78 is 38.6. The van der Waals surface area contributed by atoms with E-state index in [0.717, 1.165) is 29.3 Å². The van der Waals surface area contributed by atoms with Crippen LogP contribution in [0.5, 0.6) is 0 Å². The lowest BCUT2D eigenvalue weighted by Crippen LogP contribution is -2.20. The van der Waals surface area contributed by atoms with E-state index in [1.807, 2.05) is 0 Å². The summed E-state index contributed by atoms with van der Waals surface area (Å²) >= 11 is 0. The van der Waals surface area contributed by atoms with Gasteiger partial charge < -0.3 is 22.1 Å². The Kier molecular flexibility index (Phi) is 4.85. The number of urea groups is 1. The lowest BCUT2D eigenvalue weighted by Gasteiger charge is -2.13. The minimum absolute atomic E-state index is 0.0119. The quantitative estimate of drug-likeness (QED) is 0.308. The predicted octanol–water partition coefficient (Wildman–Crippen LogP) is 4.45. The van der Waals surface area contributed by atoms with Gasteiger partial charge in [0.1, 0.15) is 0 Å². The minimum atomic E-state index is -4.55. The number of anilines is 4. The molecule has 158 valence electrons. The number of carbonyl (C=O) groups excluding carboxylic acids is 1.